The molecule has 1 fully saturated rings. The number of hydrogen-bond donors (Lipinski definition) is 1. The number of aliphatic carboxylic acids is 1. The van der Waals surface area contributed by atoms with Gasteiger partial charge in [-0.25, -0.2) is 9.78 Å². The molecule has 0 amide bonds. The monoisotopic (exact) mass is 305 g/mol. The summed E-state index contributed by atoms with van der Waals surface area (Å²) in [5, 5.41) is 10.9. The minimum absolute atomic E-state index is 0.439. The summed E-state index contributed by atoms with van der Waals surface area (Å²) in [6.07, 6.45) is 9.62. The molecule has 2 aromatic rings. The second kappa shape index (κ2) is 5.89. The van der Waals surface area contributed by atoms with Gasteiger partial charge in [0.2, 0.25) is 0 Å². The van der Waals surface area contributed by atoms with E-state index in [1.165, 1.54) is 18.9 Å². The maximum absolute atomic E-state index is 10.8. The van der Waals surface area contributed by atoms with Crippen LogP contribution in [0.4, 0.5) is 5.82 Å². The van der Waals surface area contributed by atoms with Crippen LogP contribution in [-0.4, -0.2) is 33.0 Å². The van der Waals surface area contributed by atoms with Crippen molar-refractivity contribution in [2.24, 2.45) is 0 Å². The van der Waals surface area contributed by atoms with Crippen molar-refractivity contribution in [2.45, 2.75) is 38.6 Å². The van der Waals surface area contributed by atoms with E-state index in [1.54, 1.807) is 17.4 Å². The van der Waals surface area contributed by atoms with Crippen LogP contribution in [0.2, 0.25) is 0 Å². The van der Waals surface area contributed by atoms with Gasteiger partial charge in [0.15, 0.2) is 10.8 Å². The zero-order chi connectivity index (χ0) is 14.8. The number of hydrogen-bond acceptors (Lipinski definition) is 4. The highest BCUT2D eigenvalue weighted by Gasteiger charge is 2.23. The standard InChI is InChI=1S/C15H19N3O2S/c1-11-5-3-2-4-8-17(11)14-12(6-7-13(19)20)18-9-10-21-15(18)16-14/h6-7,9-11H,2-5,8H2,1H3,(H,19,20). The Morgan fingerprint density at radius 3 is 3.14 bits per heavy atom. The Balaban J connectivity index is 2.05. The largest absolute Gasteiger partial charge is 0.478 e. The van der Waals surface area contributed by atoms with Gasteiger partial charge in [-0.1, -0.05) is 12.8 Å². The van der Waals surface area contributed by atoms with Crippen LogP contribution >= 0.6 is 11.3 Å². The van der Waals surface area contributed by atoms with E-state index in [9.17, 15) is 4.79 Å². The number of carboxylic acids is 1. The van der Waals surface area contributed by atoms with Crippen LogP contribution in [0.15, 0.2) is 17.7 Å². The van der Waals surface area contributed by atoms with Crippen molar-refractivity contribution in [1.82, 2.24) is 9.38 Å². The molecule has 0 saturated carbocycles. The highest BCUT2D eigenvalue weighted by atomic mass is 32.1. The fourth-order valence-corrected chi connectivity index (χ4v) is 3.61. The van der Waals surface area contributed by atoms with E-state index in [2.05, 4.69) is 11.8 Å². The highest BCUT2D eigenvalue weighted by molar-refractivity contribution is 7.15. The summed E-state index contributed by atoms with van der Waals surface area (Å²) in [6.45, 7) is 3.21. The number of fused-ring (bicyclic) bond motifs is 1. The van der Waals surface area contributed by atoms with E-state index in [4.69, 9.17) is 10.1 Å². The van der Waals surface area contributed by atoms with Gasteiger partial charge in [-0.3, -0.25) is 4.40 Å². The van der Waals surface area contributed by atoms with E-state index >= 15 is 0 Å². The summed E-state index contributed by atoms with van der Waals surface area (Å²) in [5.41, 5.74) is 0.863. The van der Waals surface area contributed by atoms with Gasteiger partial charge >= 0.3 is 5.97 Å². The normalized spacial score (nSPS) is 20.2. The molecule has 1 saturated heterocycles. The zero-order valence-electron chi connectivity index (χ0n) is 12.0. The molecule has 1 N–H and O–H groups in total. The van der Waals surface area contributed by atoms with E-state index in [0.29, 0.717) is 6.04 Å². The fraction of sp³-hybridized carbons (Fsp3) is 0.467. The van der Waals surface area contributed by atoms with Crippen LogP contribution in [0, 0.1) is 0 Å². The first-order valence-electron chi connectivity index (χ1n) is 7.30. The predicted octanol–water partition coefficient (Wildman–Crippen LogP) is 3.26. The average molecular weight is 305 g/mol. The van der Waals surface area contributed by atoms with E-state index in [0.717, 1.165) is 35.9 Å². The molecule has 112 valence electrons. The summed E-state index contributed by atoms with van der Waals surface area (Å²) in [4.78, 5) is 18.8. The second-order valence-corrected chi connectivity index (χ2v) is 6.31. The first-order chi connectivity index (χ1) is 10.2. The van der Waals surface area contributed by atoms with Gasteiger partial charge in [-0.2, -0.15) is 0 Å². The first kappa shape index (κ1) is 14.1. The first-order valence-corrected chi connectivity index (χ1v) is 8.18. The summed E-state index contributed by atoms with van der Waals surface area (Å²) >= 11 is 1.57. The smallest absolute Gasteiger partial charge is 0.328 e. The molecule has 0 aliphatic carbocycles. The molecule has 5 nitrogen and oxygen atoms in total. The maximum Gasteiger partial charge on any atom is 0.328 e. The van der Waals surface area contributed by atoms with E-state index in [1.807, 2.05) is 16.0 Å². The highest BCUT2D eigenvalue weighted by Crippen LogP contribution is 2.30. The van der Waals surface area contributed by atoms with Crippen LogP contribution < -0.4 is 4.90 Å². The van der Waals surface area contributed by atoms with Gasteiger partial charge in [-0.15, -0.1) is 11.3 Å². The molecule has 2 aromatic heterocycles. The molecule has 1 aliphatic rings. The van der Waals surface area contributed by atoms with Crippen molar-refractivity contribution in [3.63, 3.8) is 0 Å². The molecular weight excluding hydrogens is 286 g/mol. The Hall–Kier alpha value is -1.82. The number of aromatic nitrogens is 2. The van der Waals surface area contributed by atoms with Crippen molar-refractivity contribution in [3.05, 3.63) is 23.3 Å². The molecule has 1 unspecified atom stereocenters. The van der Waals surface area contributed by atoms with Crippen molar-refractivity contribution in [1.29, 1.82) is 0 Å². The van der Waals surface area contributed by atoms with E-state index < -0.39 is 5.97 Å². The average Bonchev–Trinajstić information content (AvgIpc) is 2.94. The Bertz CT molecular complexity index is 674. The molecule has 21 heavy (non-hydrogen) atoms. The third kappa shape index (κ3) is 2.81. The molecular formula is C15H19N3O2S. The third-order valence-electron chi connectivity index (χ3n) is 3.99. The zero-order valence-corrected chi connectivity index (χ0v) is 12.8. The van der Waals surface area contributed by atoms with Crippen molar-refractivity contribution < 1.29 is 9.90 Å². The summed E-state index contributed by atoms with van der Waals surface area (Å²) in [7, 11) is 0. The van der Waals surface area contributed by atoms with Gasteiger partial charge in [0.05, 0.1) is 5.69 Å². The van der Waals surface area contributed by atoms with Crippen molar-refractivity contribution >= 4 is 34.2 Å². The molecule has 3 heterocycles. The Labute approximate surface area is 127 Å². The predicted molar refractivity (Wildman–Crippen MR) is 85.0 cm³/mol. The molecule has 0 radical (unpaired) electrons. The number of imidazole rings is 1. The van der Waals surface area contributed by atoms with Crippen LogP contribution in [0.25, 0.3) is 11.0 Å². The summed E-state index contributed by atoms with van der Waals surface area (Å²) in [6, 6.07) is 0.439. The van der Waals surface area contributed by atoms with Gasteiger partial charge in [0.1, 0.15) is 0 Å². The number of thiazole rings is 1. The third-order valence-corrected chi connectivity index (χ3v) is 4.75. The topological polar surface area (TPSA) is 57.8 Å². The molecule has 0 bridgehead atoms. The van der Waals surface area contributed by atoms with Crippen LogP contribution in [-0.2, 0) is 4.79 Å². The van der Waals surface area contributed by atoms with Crippen molar-refractivity contribution in [2.75, 3.05) is 11.4 Å². The Morgan fingerprint density at radius 2 is 2.33 bits per heavy atom. The lowest BCUT2D eigenvalue weighted by Crippen LogP contribution is -2.33. The number of carbonyl (C=O) groups is 1. The minimum atomic E-state index is -0.935. The lowest BCUT2D eigenvalue weighted by molar-refractivity contribution is -0.131. The van der Waals surface area contributed by atoms with Gasteiger partial charge < -0.3 is 10.0 Å². The molecule has 6 heteroatoms. The number of rotatable bonds is 3. The van der Waals surface area contributed by atoms with Gasteiger partial charge in [-0.05, 0) is 25.8 Å². The molecule has 3 rings (SSSR count). The number of nitrogens with zero attached hydrogens (tertiary/aromatic N) is 3. The summed E-state index contributed by atoms with van der Waals surface area (Å²) < 4.78 is 1.97. The van der Waals surface area contributed by atoms with Gasteiger partial charge in [0.25, 0.3) is 0 Å². The lowest BCUT2D eigenvalue weighted by Gasteiger charge is -2.27. The Kier molecular flexibility index (Phi) is 3.96. The quantitative estimate of drug-likeness (QED) is 0.884. The van der Waals surface area contributed by atoms with Crippen LogP contribution in [0.5, 0.6) is 0 Å². The molecule has 0 aromatic carbocycles. The minimum Gasteiger partial charge on any atom is -0.478 e. The van der Waals surface area contributed by atoms with Crippen LogP contribution in [0.3, 0.4) is 0 Å². The second-order valence-electron chi connectivity index (χ2n) is 5.44. The van der Waals surface area contributed by atoms with E-state index in [-0.39, 0.29) is 0 Å². The number of anilines is 1. The maximum atomic E-state index is 10.8. The Morgan fingerprint density at radius 1 is 1.48 bits per heavy atom. The SMILES string of the molecule is CC1CCCCCN1c1nc2sccn2c1C=CC(=O)O. The lowest BCUT2D eigenvalue weighted by atomic mass is 10.1. The fourth-order valence-electron chi connectivity index (χ4n) is 2.90. The molecule has 1 aliphatic heterocycles. The molecule has 1 atom stereocenters. The van der Waals surface area contributed by atoms with Crippen LogP contribution in [0.1, 0.15) is 38.3 Å². The number of carboxylic acid groups (broad SMARTS) is 1. The summed E-state index contributed by atoms with van der Waals surface area (Å²) in [5.74, 6) is -0.0243. The van der Waals surface area contributed by atoms with Crippen molar-refractivity contribution in [3.8, 4) is 0 Å². The van der Waals surface area contributed by atoms with Gasteiger partial charge in [0, 0.05) is 30.2 Å². The molecule has 0 spiro atoms.